The minimum absolute atomic E-state index is 0.329. The zero-order valence-electron chi connectivity index (χ0n) is 25.1. The summed E-state index contributed by atoms with van der Waals surface area (Å²) >= 11 is 0. The van der Waals surface area contributed by atoms with Crippen LogP contribution in [0.4, 0.5) is 17.6 Å². The molecular formula is C33H39F4NO4P2. The molecule has 0 saturated heterocycles. The highest BCUT2D eigenvalue weighted by Crippen LogP contribution is 2.53. The lowest BCUT2D eigenvalue weighted by atomic mass is 10.0. The molecule has 238 valence electrons. The molecule has 4 N–H and O–H groups in total. The Morgan fingerprint density at radius 3 is 1.09 bits per heavy atom. The van der Waals surface area contributed by atoms with Gasteiger partial charge in [0.1, 0.15) is 0 Å². The molecule has 4 rings (SSSR count). The van der Waals surface area contributed by atoms with Crippen molar-refractivity contribution in [1.29, 1.82) is 0 Å². The Labute approximate surface area is 259 Å². The van der Waals surface area contributed by atoms with Crippen LogP contribution in [0.15, 0.2) is 103 Å². The SMILES string of the molecule is CC.CC.OP(O)C(F)(F)c1ccc(CN(Cc2ccc(-c3ccccc3)cc2)Cc2ccc(C(F)(F)P(O)O)cc2)cc1. The van der Waals surface area contributed by atoms with E-state index < -0.39 is 39.2 Å². The Morgan fingerprint density at radius 2 is 0.773 bits per heavy atom. The Kier molecular flexibility index (Phi) is 15.0. The van der Waals surface area contributed by atoms with Gasteiger partial charge in [0.2, 0.25) is 16.8 Å². The van der Waals surface area contributed by atoms with Gasteiger partial charge < -0.3 is 19.6 Å². The van der Waals surface area contributed by atoms with Crippen molar-refractivity contribution in [2.45, 2.75) is 58.7 Å². The van der Waals surface area contributed by atoms with Crippen LogP contribution >= 0.6 is 16.8 Å². The number of nitrogens with zero attached hydrogens (tertiary/aromatic N) is 1. The summed E-state index contributed by atoms with van der Waals surface area (Å²) in [5.74, 6) is 0. The fourth-order valence-corrected chi connectivity index (χ4v) is 4.99. The topological polar surface area (TPSA) is 84.2 Å². The van der Waals surface area contributed by atoms with Crippen LogP contribution in [-0.2, 0) is 31.0 Å². The zero-order chi connectivity index (χ0) is 32.9. The lowest BCUT2D eigenvalue weighted by molar-refractivity contribution is 0.0731. The van der Waals surface area contributed by atoms with Gasteiger partial charge in [-0.1, -0.05) is 131 Å². The third-order valence-corrected chi connectivity index (χ3v) is 7.91. The van der Waals surface area contributed by atoms with Gasteiger partial charge in [0, 0.05) is 30.8 Å². The number of rotatable bonds is 11. The molecule has 0 aromatic heterocycles. The molecule has 0 heterocycles. The summed E-state index contributed by atoms with van der Waals surface area (Å²) in [6.07, 6.45) is 0. The first kappa shape index (κ1) is 37.4. The number of halogens is 4. The molecule has 0 aliphatic rings. The molecule has 44 heavy (non-hydrogen) atoms. The summed E-state index contributed by atoms with van der Waals surface area (Å²) in [5, 5.41) is 0. The molecule has 0 aliphatic heterocycles. The van der Waals surface area contributed by atoms with E-state index in [0.717, 1.165) is 41.0 Å². The maximum atomic E-state index is 14.0. The summed E-state index contributed by atoms with van der Waals surface area (Å²) in [6.45, 7) is 9.12. The average molecular weight is 652 g/mol. The molecule has 5 nitrogen and oxygen atoms in total. The van der Waals surface area contributed by atoms with Crippen LogP contribution in [0.5, 0.6) is 0 Å². The predicted octanol–water partition coefficient (Wildman–Crippen LogP) is 9.30. The number of hydrogen-bond donors (Lipinski definition) is 4. The second-order valence-electron chi connectivity index (χ2n) is 9.26. The van der Waals surface area contributed by atoms with E-state index in [-0.39, 0.29) is 0 Å². The fourth-order valence-electron chi connectivity index (χ4n) is 4.23. The second-order valence-corrected chi connectivity index (χ2v) is 11.5. The van der Waals surface area contributed by atoms with Crippen LogP contribution < -0.4 is 0 Å². The molecular weight excluding hydrogens is 612 g/mol. The van der Waals surface area contributed by atoms with Gasteiger partial charge in [0.15, 0.2) is 0 Å². The first-order chi connectivity index (χ1) is 21.0. The molecule has 0 saturated carbocycles. The van der Waals surface area contributed by atoms with Gasteiger partial charge in [0.25, 0.3) is 0 Å². The van der Waals surface area contributed by atoms with Gasteiger partial charge in [-0.15, -0.1) is 0 Å². The van der Waals surface area contributed by atoms with Crippen molar-refractivity contribution in [3.8, 4) is 11.1 Å². The van der Waals surface area contributed by atoms with Crippen molar-refractivity contribution in [1.82, 2.24) is 4.90 Å². The normalized spacial score (nSPS) is 11.6. The summed E-state index contributed by atoms with van der Waals surface area (Å²) in [7, 11) is -6.95. The van der Waals surface area contributed by atoms with E-state index in [2.05, 4.69) is 0 Å². The molecule has 0 aliphatic carbocycles. The van der Waals surface area contributed by atoms with Gasteiger partial charge >= 0.3 is 11.3 Å². The second kappa shape index (κ2) is 17.7. The third kappa shape index (κ3) is 10.1. The first-order valence-electron chi connectivity index (χ1n) is 14.1. The number of benzene rings is 4. The molecule has 0 spiro atoms. The zero-order valence-corrected chi connectivity index (χ0v) is 26.9. The lowest BCUT2D eigenvalue weighted by Gasteiger charge is -2.24. The molecule has 0 amide bonds. The van der Waals surface area contributed by atoms with Gasteiger partial charge in [-0.3, -0.25) is 4.90 Å². The quantitative estimate of drug-likeness (QED) is 0.0960. The van der Waals surface area contributed by atoms with E-state index in [9.17, 15) is 17.6 Å². The van der Waals surface area contributed by atoms with Gasteiger partial charge in [-0.25, -0.2) is 0 Å². The van der Waals surface area contributed by atoms with E-state index in [4.69, 9.17) is 19.6 Å². The van der Waals surface area contributed by atoms with E-state index in [1.807, 2.05) is 87.2 Å². The monoisotopic (exact) mass is 651 g/mol. The Balaban J connectivity index is 0.00000162. The predicted molar refractivity (Wildman–Crippen MR) is 171 cm³/mol. The first-order valence-corrected chi connectivity index (χ1v) is 16.6. The standard InChI is InChI=1S/C29H27F4NO4P2.2C2H6/c30-28(31,39(35)36)26-14-8-22(9-15-26)19-34(20-23-10-16-27(17-11-23)29(32,33)40(37)38)18-21-6-12-25(13-7-21)24-4-2-1-3-5-24;2*1-2/h1-17,35-38H,18-20H2;2*1-2H3. The van der Waals surface area contributed by atoms with Crippen LogP contribution in [0, 0.1) is 0 Å². The van der Waals surface area contributed by atoms with Crippen LogP contribution in [0.25, 0.3) is 11.1 Å². The highest BCUT2D eigenvalue weighted by Gasteiger charge is 2.41. The summed E-state index contributed by atoms with van der Waals surface area (Å²) < 4.78 is 56.0. The highest BCUT2D eigenvalue weighted by atomic mass is 31.2. The molecule has 0 bridgehead atoms. The van der Waals surface area contributed by atoms with Crippen LogP contribution in [0.3, 0.4) is 0 Å². The van der Waals surface area contributed by atoms with E-state index in [0.29, 0.717) is 30.8 Å². The van der Waals surface area contributed by atoms with E-state index in [1.54, 1.807) is 0 Å². The summed E-state index contributed by atoms with van der Waals surface area (Å²) in [5.41, 5.74) is -4.02. The molecule has 0 atom stereocenters. The molecule has 0 fully saturated rings. The van der Waals surface area contributed by atoms with Crippen molar-refractivity contribution < 1.29 is 37.1 Å². The Bertz CT molecular complexity index is 1310. The molecule has 0 unspecified atom stereocenters. The van der Waals surface area contributed by atoms with Gasteiger partial charge in [0.05, 0.1) is 0 Å². The van der Waals surface area contributed by atoms with Gasteiger partial charge in [-0.2, -0.15) is 17.6 Å². The molecule has 4 aromatic carbocycles. The van der Waals surface area contributed by atoms with Crippen LogP contribution in [-0.4, -0.2) is 24.5 Å². The average Bonchev–Trinajstić information content (AvgIpc) is 3.04. The molecule has 11 heteroatoms. The summed E-state index contributed by atoms with van der Waals surface area (Å²) in [6, 6.07) is 28.4. The minimum Gasteiger partial charge on any atom is -0.346 e. The van der Waals surface area contributed by atoms with E-state index >= 15 is 0 Å². The highest BCUT2D eigenvalue weighted by molar-refractivity contribution is 7.46. The summed E-state index contributed by atoms with van der Waals surface area (Å²) in [4.78, 5) is 38.2. The molecule has 0 radical (unpaired) electrons. The maximum absolute atomic E-state index is 14.0. The maximum Gasteiger partial charge on any atom is 0.339 e. The molecule has 4 aromatic rings. The smallest absolute Gasteiger partial charge is 0.339 e. The Morgan fingerprint density at radius 1 is 0.477 bits per heavy atom. The van der Waals surface area contributed by atoms with Crippen LogP contribution in [0.2, 0.25) is 0 Å². The van der Waals surface area contributed by atoms with Crippen molar-refractivity contribution in [2.24, 2.45) is 0 Å². The van der Waals surface area contributed by atoms with Crippen LogP contribution in [0.1, 0.15) is 55.5 Å². The van der Waals surface area contributed by atoms with Crippen molar-refractivity contribution >= 4 is 16.8 Å². The van der Waals surface area contributed by atoms with Crippen molar-refractivity contribution in [3.63, 3.8) is 0 Å². The largest absolute Gasteiger partial charge is 0.346 e. The van der Waals surface area contributed by atoms with Crippen molar-refractivity contribution in [3.05, 3.63) is 131 Å². The Hall–Kier alpha value is -2.74. The van der Waals surface area contributed by atoms with E-state index in [1.165, 1.54) is 24.3 Å². The fraction of sp³-hybridized carbons (Fsp3) is 0.273. The third-order valence-electron chi connectivity index (χ3n) is 6.38. The number of alkyl halides is 4. The number of hydrogen-bond acceptors (Lipinski definition) is 5. The van der Waals surface area contributed by atoms with Gasteiger partial charge in [-0.05, 0) is 27.8 Å². The van der Waals surface area contributed by atoms with Crippen molar-refractivity contribution in [2.75, 3.05) is 0 Å². The lowest BCUT2D eigenvalue weighted by Crippen LogP contribution is -2.22. The minimum atomic E-state index is -3.75.